The molecule has 8 heteroatoms. The van der Waals surface area contributed by atoms with Gasteiger partial charge in [-0.3, -0.25) is 4.79 Å². The maximum absolute atomic E-state index is 12.9. The first-order valence-corrected chi connectivity index (χ1v) is 11.3. The Balaban J connectivity index is 1.73. The Morgan fingerprint density at radius 1 is 0.941 bits per heavy atom. The number of aromatic nitrogens is 2. The molecule has 3 aromatic carbocycles. The first-order valence-electron chi connectivity index (χ1n) is 10.5. The predicted molar refractivity (Wildman–Crippen MR) is 135 cm³/mol. The summed E-state index contributed by atoms with van der Waals surface area (Å²) < 4.78 is 1.77. The summed E-state index contributed by atoms with van der Waals surface area (Å²) in [6.07, 6.45) is 1.24. The van der Waals surface area contributed by atoms with Gasteiger partial charge in [-0.25, -0.2) is 4.68 Å². The third-order valence-corrected chi connectivity index (χ3v) is 6.22. The van der Waals surface area contributed by atoms with Crippen LogP contribution in [0.5, 0.6) is 0 Å². The van der Waals surface area contributed by atoms with E-state index in [1.54, 1.807) is 16.8 Å². The van der Waals surface area contributed by atoms with Crippen LogP contribution in [0.4, 0.5) is 5.69 Å². The standard InChI is InChI=1S/C26H18ClN5OS/c27-18-13-11-17(12-14-18)23-22(16-31(30-23)19-7-3-1-4-8-19)24-29-25(33)21(15-28)26(34)32(24)20-9-5-2-6-10-20/h1-14,16,24,34H,(H,29,33). The Bertz CT molecular complexity index is 1430. The van der Waals surface area contributed by atoms with E-state index in [0.29, 0.717) is 10.7 Å². The zero-order chi connectivity index (χ0) is 23.7. The van der Waals surface area contributed by atoms with Gasteiger partial charge < -0.3 is 10.2 Å². The number of amides is 1. The van der Waals surface area contributed by atoms with Crippen LogP contribution in [0.2, 0.25) is 5.02 Å². The van der Waals surface area contributed by atoms with Crippen LogP contribution in [0.1, 0.15) is 11.7 Å². The van der Waals surface area contributed by atoms with Crippen LogP contribution in [0.3, 0.4) is 0 Å². The predicted octanol–water partition coefficient (Wildman–Crippen LogP) is 5.49. The number of hydrogen-bond donors (Lipinski definition) is 2. The fourth-order valence-electron chi connectivity index (χ4n) is 3.92. The van der Waals surface area contributed by atoms with Crippen molar-refractivity contribution in [2.75, 3.05) is 4.90 Å². The summed E-state index contributed by atoms with van der Waals surface area (Å²) in [6.45, 7) is 0. The van der Waals surface area contributed by atoms with E-state index in [1.165, 1.54) is 0 Å². The molecule has 0 radical (unpaired) electrons. The summed E-state index contributed by atoms with van der Waals surface area (Å²) >= 11 is 10.7. The minimum absolute atomic E-state index is 0.0491. The molecule has 0 saturated carbocycles. The van der Waals surface area contributed by atoms with Crippen molar-refractivity contribution in [3.8, 4) is 23.0 Å². The van der Waals surface area contributed by atoms with E-state index >= 15 is 0 Å². The second kappa shape index (κ2) is 9.10. The van der Waals surface area contributed by atoms with Crippen molar-refractivity contribution in [3.05, 3.63) is 112 Å². The van der Waals surface area contributed by atoms with Crippen molar-refractivity contribution >= 4 is 35.8 Å². The normalized spacial score (nSPS) is 15.7. The van der Waals surface area contributed by atoms with Gasteiger partial charge in [0, 0.05) is 28.0 Å². The van der Waals surface area contributed by atoms with E-state index in [4.69, 9.17) is 16.7 Å². The van der Waals surface area contributed by atoms with Crippen LogP contribution >= 0.6 is 24.2 Å². The molecule has 4 aromatic rings. The van der Waals surface area contributed by atoms with Crippen molar-refractivity contribution in [3.63, 3.8) is 0 Å². The number of carbonyl (C=O) groups excluding carboxylic acids is 1. The van der Waals surface area contributed by atoms with E-state index in [2.05, 4.69) is 17.9 Å². The molecule has 0 bridgehead atoms. The molecule has 34 heavy (non-hydrogen) atoms. The zero-order valence-corrected chi connectivity index (χ0v) is 19.4. The van der Waals surface area contributed by atoms with Gasteiger partial charge in [0.05, 0.1) is 16.4 Å². The number of halogens is 1. The number of nitrogens with zero attached hydrogens (tertiary/aromatic N) is 4. The molecule has 2 heterocycles. The van der Waals surface area contributed by atoms with Gasteiger partial charge in [0.25, 0.3) is 5.91 Å². The molecule has 0 spiro atoms. The molecule has 1 N–H and O–H groups in total. The maximum Gasteiger partial charge on any atom is 0.266 e. The van der Waals surface area contributed by atoms with Crippen molar-refractivity contribution in [1.82, 2.24) is 15.1 Å². The molecular weight excluding hydrogens is 466 g/mol. The number of nitriles is 1. The Kier molecular flexibility index (Phi) is 5.84. The molecular formula is C26H18ClN5OS. The molecule has 1 unspecified atom stereocenters. The topological polar surface area (TPSA) is 74.0 Å². The van der Waals surface area contributed by atoms with Gasteiger partial charge in [-0.2, -0.15) is 10.4 Å². The van der Waals surface area contributed by atoms with E-state index in [9.17, 15) is 10.1 Å². The Labute approximate surface area is 207 Å². The van der Waals surface area contributed by atoms with Gasteiger partial charge in [0.15, 0.2) is 0 Å². The van der Waals surface area contributed by atoms with E-state index in [0.717, 1.165) is 22.5 Å². The molecule has 166 valence electrons. The number of carbonyl (C=O) groups is 1. The summed E-state index contributed by atoms with van der Waals surface area (Å²) in [5, 5.41) is 18.3. The van der Waals surface area contributed by atoms with Gasteiger partial charge in [-0.05, 0) is 36.4 Å². The van der Waals surface area contributed by atoms with Crippen molar-refractivity contribution in [1.29, 1.82) is 5.26 Å². The molecule has 1 amide bonds. The van der Waals surface area contributed by atoms with E-state index in [1.807, 2.05) is 90.0 Å². The molecule has 0 saturated heterocycles. The molecule has 1 aliphatic heterocycles. The summed E-state index contributed by atoms with van der Waals surface area (Å²) in [4.78, 5) is 14.7. The monoisotopic (exact) mass is 483 g/mol. The lowest BCUT2D eigenvalue weighted by molar-refractivity contribution is -0.118. The van der Waals surface area contributed by atoms with Gasteiger partial charge >= 0.3 is 0 Å². The van der Waals surface area contributed by atoms with Crippen molar-refractivity contribution in [2.24, 2.45) is 0 Å². The second-order valence-corrected chi connectivity index (χ2v) is 8.47. The largest absolute Gasteiger partial charge is 0.327 e. The SMILES string of the molecule is N#CC1=C(S)N(c2ccccc2)C(c2cn(-c3ccccc3)nc2-c2ccc(Cl)cc2)NC1=O. The van der Waals surface area contributed by atoms with E-state index < -0.39 is 12.1 Å². The van der Waals surface area contributed by atoms with E-state index in [-0.39, 0.29) is 10.6 Å². The highest BCUT2D eigenvalue weighted by molar-refractivity contribution is 7.84. The molecule has 1 aliphatic rings. The minimum Gasteiger partial charge on any atom is -0.327 e. The lowest BCUT2D eigenvalue weighted by Crippen LogP contribution is -2.46. The van der Waals surface area contributed by atoms with Gasteiger partial charge in [-0.15, -0.1) is 12.6 Å². The van der Waals surface area contributed by atoms with Gasteiger partial charge in [-0.1, -0.05) is 60.1 Å². The lowest BCUT2D eigenvalue weighted by Gasteiger charge is -2.37. The number of anilines is 1. The quantitative estimate of drug-likeness (QED) is 0.376. The smallest absolute Gasteiger partial charge is 0.266 e. The van der Waals surface area contributed by atoms with Crippen LogP contribution in [-0.2, 0) is 4.79 Å². The maximum atomic E-state index is 12.9. The highest BCUT2D eigenvalue weighted by atomic mass is 35.5. The molecule has 1 atom stereocenters. The Morgan fingerprint density at radius 2 is 1.56 bits per heavy atom. The first-order chi connectivity index (χ1) is 16.6. The lowest BCUT2D eigenvalue weighted by atomic mass is 10.0. The number of benzene rings is 3. The number of para-hydroxylation sites is 2. The highest BCUT2D eigenvalue weighted by Gasteiger charge is 2.36. The number of hydrogen-bond acceptors (Lipinski definition) is 5. The number of rotatable bonds is 4. The van der Waals surface area contributed by atoms with Crippen molar-refractivity contribution < 1.29 is 4.79 Å². The Hall–Kier alpha value is -3.99. The van der Waals surface area contributed by atoms with Crippen molar-refractivity contribution in [2.45, 2.75) is 6.17 Å². The third-order valence-electron chi connectivity index (χ3n) is 5.53. The minimum atomic E-state index is -0.650. The average Bonchev–Trinajstić information content (AvgIpc) is 3.31. The summed E-state index contributed by atoms with van der Waals surface area (Å²) in [7, 11) is 0. The van der Waals surface area contributed by atoms with Crippen LogP contribution in [-0.4, -0.2) is 15.7 Å². The van der Waals surface area contributed by atoms with Crippen LogP contribution < -0.4 is 10.2 Å². The van der Waals surface area contributed by atoms with Gasteiger partial charge in [0.2, 0.25) is 0 Å². The number of thiol groups is 1. The Morgan fingerprint density at radius 3 is 2.18 bits per heavy atom. The molecule has 1 aromatic heterocycles. The van der Waals surface area contributed by atoms with Crippen LogP contribution in [0, 0.1) is 11.3 Å². The van der Waals surface area contributed by atoms with Crippen LogP contribution in [0.15, 0.2) is 102 Å². The fraction of sp³-hybridized carbons (Fsp3) is 0.0385. The summed E-state index contributed by atoms with van der Waals surface area (Å²) in [6, 6.07) is 28.6. The second-order valence-electron chi connectivity index (χ2n) is 7.61. The zero-order valence-electron chi connectivity index (χ0n) is 17.8. The molecule has 0 fully saturated rings. The summed E-state index contributed by atoms with van der Waals surface area (Å²) in [5.74, 6) is -0.487. The molecule has 0 aliphatic carbocycles. The van der Waals surface area contributed by atoms with Crippen LogP contribution in [0.25, 0.3) is 16.9 Å². The average molecular weight is 484 g/mol. The summed E-state index contributed by atoms with van der Waals surface area (Å²) in [5.41, 5.74) is 3.86. The number of nitrogens with one attached hydrogen (secondary N) is 1. The molecule has 5 rings (SSSR count). The van der Waals surface area contributed by atoms with Gasteiger partial charge in [0.1, 0.15) is 17.8 Å². The fourth-order valence-corrected chi connectivity index (χ4v) is 4.42. The first kappa shape index (κ1) is 21.8. The molecule has 6 nitrogen and oxygen atoms in total. The highest BCUT2D eigenvalue weighted by Crippen LogP contribution is 2.39. The third kappa shape index (κ3) is 3.94.